The third kappa shape index (κ3) is 5.93. The Morgan fingerprint density at radius 3 is 2.54 bits per heavy atom. The molecule has 3 N–H and O–H groups in total. The van der Waals surface area contributed by atoms with E-state index < -0.39 is 0 Å². The second kappa shape index (κ2) is 10.1. The molecule has 0 spiro atoms. The van der Waals surface area contributed by atoms with Crippen molar-refractivity contribution in [1.29, 1.82) is 0 Å². The summed E-state index contributed by atoms with van der Waals surface area (Å²) in [5, 5.41) is 13.6. The molecule has 0 unspecified atom stereocenters. The number of nitrogens with zero attached hydrogens (tertiary/aromatic N) is 5. The molecule has 1 aromatic carbocycles. The molecule has 9 heteroatoms. The van der Waals surface area contributed by atoms with Crippen LogP contribution >= 0.6 is 0 Å². The fourth-order valence-electron chi connectivity index (χ4n) is 3.97. The van der Waals surface area contributed by atoms with Crippen LogP contribution < -0.4 is 15.5 Å². The van der Waals surface area contributed by atoms with Crippen molar-refractivity contribution >= 4 is 41.2 Å². The van der Waals surface area contributed by atoms with Gasteiger partial charge in [-0.2, -0.15) is 5.10 Å². The molecule has 2 aliphatic rings. The number of aromatic amines is 1. The van der Waals surface area contributed by atoms with Crippen LogP contribution in [0.25, 0.3) is 12.2 Å². The van der Waals surface area contributed by atoms with Crippen molar-refractivity contribution in [1.82, 2.24) is 25.1 Å². The first-order valence-electron chi connectivity index (χ1n) is 11.9. The van der Waals surface area contributed by atoms with E-state index in [1.165, 1.54) is 24.6 Å². The van der Waals surface area contributed by atoms with Crippen LogP contribution in [0.3, 0.4) is 0 Å². The van der Waals surface area contributed by atoms with Crippen molar-refractivity contribution < 1.29 is 4.79 Å². The minimum atomic E-state index is -0.233. The molecule has 180 valence electrons. The first-order chi connectivity index (χ1) is 17.1. The molecule has 1 aliphatic heterocycles. The van der Waals surface area contributed by atoms with Gasteiger partial charge in [-0.3, -0.25) is 9.89 Å². The van der Waals surface area contributed by atoms with Gasteiger partial charge in [0.25, 0.3) is 0 Å². The van der Waals surface area contributed by atoms with Crippen LogP contribution in [0.5, 0.6) is 0 Å². The van der Waals surface area contributed by atoms with Crippen LogP contribution in [0.2, 0.25) is 0 Å². The smallest absolute Gasteiger partial charge is 0.247 e. The van der Waals surface area contributed by atoms with Gasteiger partial charge < -0.3 is 20.4 Å². The average molecular weight is 471 g/mol. The number of anilines is 4. The van der Waals surface area contributed by atoms with E-state index in [2.05, 4.69) is 50.3 Å². The molecule has 0 atom stereocenters. The molecule has 0 radical (unpaired) electrons. The summed E-state index contributed by atoms with van der Waals surface area (Å²) < 4.78 is 0. The van der Waals surface area contributed by atoms with E-state index in [1.54, 1.807) is 0 Å². The Balaban J connectivity index is 1.36. The van der Waals surface area contributed by atoms with Gasteiger partial charge in [0.05, 0.1) is 0 Å². The second-order valence-corrected chi connectivity index (χ2v) is 9.02. The number of likely N-dealkylation sites (N-methyl/N-ethyl adjacent to an activating group) is 1. The molecule has 35 heavy (non-hydrogen) atoms. The Labute approximate surface area is 205 Å². The Morgan fingerprint density at radius 2 is 1.83 bits per heavy atom. The van der Waals surface area contributed by atoms with E-state index in [1.807, 2.05) is 42.5 Å². The molecule has 1 saturated carbocycles. The Kier molecular flexibility index (Phi) is 6.58. The minimum Gasteiger partial charge on any atom is -0.354 e. The summed E-state index contributed by atoms with van der Waals surface area (Å²) >= 11 is 0. The molecule has 9 nitrogen and oxygen atoms in total. The standard InChI is InChI=1S/C26H30N8O/c1-3-26(35)27-20-9-4-18(5-10-20)6-11-22-28-23(29-24-16-21(31-32-24)19-7-8-19)17-25(30-22)34-14-12-33(2)13-15-34/h3-6,9-11,16-17,19H,1,7-8,12-15H2,2H3,(H,27,35)(H2,28,29,30,31,32)/b11-6+. The lowest BCUT2D eigenvalue weighted by Crippen LogP contribution is -2.44. The Hall–Kier alpha value is -3.98. The van der Waals surface area contributed by atoms with Gasteiger partial charge in [0.2, 0.25) is 5.91 Å². The molecule has 1 aliphatic carbocycles. The number of nitrogens with one attached hydrogen (secondary N) is 3. The summed E-state index contributed by atoms with van der Waals surface area (Å²) in [7, 11) is 2.14. The van der Waals surface area contributed by atoms with Crippen LogP contribution in [0.15, 0.2) is 49.1 Å². The van der Waals surface area contributed by atoms with E-state index in [0.717, 1.165) is 49.1 Å². The van der Waals surface area contributed by atoms with E-state index >= 15 is 0 Å². The van der Waals surface area contributed by atoms with Gasteiger partial charge in [-0.1, -0.05) is 24.8 Å². The van der Waals surface area contributed by atoms with Crippen molar-refractivity contribution in [3.63, 3.8) is 0 Å². The molecule has 5 rings (SSSR count). The monoisotopic (exact) mass is 470 g/mol. The van der Waals surface area contributed by atoms with Gasteiger partial charge >= 0.3 is 0 Å². The van der Waals surface area contributed by atoms with Gasteiger partial charge in [-0.15, -0.1) is 0 Å². The predicted octanol–water partition coefficient (Wildman–Crippen LogP) is 3.87. The predicted molar refractivity (Wildman–Crippen MR) is 140 cm³/mol. The molecular weight excluding hydrogens is 440 g/mol. The fraction of sp³-hybridized carbons (Fsp3) is 0.308. The Bertz CT molecular complexity index is 1220. The highest BCUT2D eigenvalue weighted by molar-refractivity contribution is 5.98. The van der Waals surface area contributed by atoms with E-state index in [4.69, 9.17) is 9.97 Å². The number of piperazine rings is 1. The lowest BCUT2D eigenvalue weighted by molar-refractivity contribution is -0.111. The topological polar surface area (TPSA) is 102 Å². The highest BCUT2D eigenvalue weighted by Gasteiger charge is 2.25. The third-order valence-corrected chi connectivity index (χ3v) is 6.22. The minimum absolute atomic E-state index is 0.233. The van der Waals surface area contributed by atoms with Crippen LogP contribution in [-0.4, -0.2) is 64.2 Å². The van der Waals surface area contributed by atoms with Crippen LogP contribution in [0.1, 0.15) is 35.8 Å². The second-order valence-electron chi connectivity index (χ2n) is 9.02. The van der Waals surface area contributed by atoms with Gasteiger partial charge in [-0.05, 0) is 49.7 Å². The van der Waals surface area contributed by atoms with Crippen LogP contribution in [0.4, 0.5) is 23.1 Å². The zero-order valence-electron chi connectivity index (χ0n) is 19.9. The van der Waals surface area contributed by atoms with Gasteiger partial charge in [0.15, 0.2) is 11.6 Å². The number of carbonyl (C=O) groups excluding carboxylic acids is 1. The van der Waals surface area contributed by atoms with Gasteiger partial charge in [0.1, 0.15) is 11.6 Å². The fourth-order valence-corrected chi connectivity index (χ4v) is 3.97. The van der Waals surface area contributed by atoms with E-state index in [9.17, 15) is 4.79 Å². The van der Waals surface area contributed by atoms with Crippen molar-refractivity contribution in [3.8, 4) is 0 Å². The molecular formula is C26H30N8O. The molecule has 3 heterocycles. The summed E-state index contributed by atoms with van der Waals surface area (Å²) in [4.78, 5) is 25.6. The number of hydrogen-bond acceptors (Lipinski definition) is 7. The molecule has 2 aromatic heterocycles. The van der Waals surface area contributed by atoms with Gasteiger partial charge in [-0.25, -0.2) is 9.97 Å². The van der Waals surface area contributed by atoms with Crippen LogP contribution in [0, 0.1) is 0 Å². The number of rotatable bonds is 8. The zero-order valence-corrected chi connectivity index (χ0v) is 19.9. The third-order valence-electron chi connectivity index (χ3n) is 6.22. The highest BCUT2D eigenvalue weighted by Crippen LogP contribution is 2.39. The largest absolute Gasteiger partial charge is 0.354 e. The number of H-pyrrole nitrogens is 1. The maximum absolute atomic E-state index is 11.5. The first-order valence-corrected chi connectivity index (χ1v) is 11.9. The number of aromatic nitrogens is 4. The quantitative estimate of drug-likeness (QED) is 0.430. The number of hydrogen-bond donors (Lipinski definition) is 3. The number of carbonyl (C=O) groups is 1. The van der Waals surface area contributed by atoms with Crippen molar-refractivity contribution in [2.45, 2.75) is 18.8 Å². The van der Waals surface area contributed by atoms with Gasteiger partial charge in [0, 0.05) is 55.6 Å². The molecule has 0 bridgehead atoms. The van der Waals surface area contributed by atoms with E-state index in [-0.39, 0.29) is 5.91 Å². The average Bonchev–Trinajstić information content (AvgIpc) is 3.62. The van der Waals surface area contributed by atoms with Crippen LogP contribution in [-0.2, 0) is 4.79 Å². The summed E-state index contributed by atoms with van der Waals surface area (Å²) in [6.07, 6.45) is 7.56. The maximum atomic E-state index is 11.5. The summed E-state index contributed by atoms with van der Waals surface area (Å²) in [5.74, 6) is 3.37. The number of benzene rings is 1. The summed E-state index contributed by atoms with van der Waals surface area (Å²) in [6.45, 7) is 7.30. The highest BCUT2D eigenvalue weighted by atomic mass is 16.1. The molecule has 3 aromatic rings. The molecule has 2 fully saturated rings. The van der Waals surface area contributed by atoms with E-state index in [0.29, 0.717) is 17.6 Å². The lowest BCUT2D eigenvalue weighted by Gasteiger charge is -2.33. The lowest BCUT2D eigenvalue weighted by atomic mass is 10.2. The molecule has 1 saturated heterocycles. The summed E-state index contributed by atoms with van der Waals surface area (Å²) in [6, 6.07) is 11.6. The van der Waals surface area contributed by atoms with Crippen molar-refractivity contribution in [2.75, 3.05) is 48.8 Å². The normalized spacial score (nSPS) is 16.4. The van der Waals surface area contributed by atoms with Crippen molar-refractivity contribution in [2.24, 2.45) is 0 Å². The first kappa shape index (κ1) is 22.8. The number of amides is 1. The zero-order chi connectivity index (χ0) is 24.2. The maximum Gasteiger partial charge on any atom is 0.247 e. The SMILES string of the molecule is C=CC(=O)Nc1ccc(/C=C/c2nc(Nc3cc(C4CC4)[nH]n3)cc(N3CCN(C)CC3)n2)cc1. The molecule has 1 amide bonds. The summed E-state index contributed by atoms with van der Waals surface area (Å²) in [5.41, 5.74) is 2.87. The Morgan fingerprint density at radius 1 is 1.06 bits per heavy atom. The van der Waals surface area contributed by atoms with Crippen molar-refractivity contribution in [3.05, 3.63) is 66.1 Å².